The van der Waals surface area contributed by atoms with E-state index in [0.29, 0.717) is 5.96 Å². The van der Waals surface area contributed by atoms with Crippen molar-refractivity contribution >= 4 is 29.9 Å². The Kier molecular flexibility index (Phi) is 10.7. The first-order valence-corrected chi connectivity index (χ1v) is 7.44. The lowest BCUT2D eigenvalue weighted by atomic mass is 9.99. The van der Waals surface area contributed by atoms with E-state index in [9.17, 15) is 0 Å². The van der Waals surface area contributed by atoms with Crippen LogP contribution in [0.2, 0.25) is 0 Å². The van der Waals surface area contributed by atoms with E-state index in [2.05, 4.69) is 35.6 Å². The number of aliphatic imine (C=N–C) groups is 1. The van der Waals surface area contributed by atoms with Crippen molar-refractivity contribution < 1.29 is 0 Å². The van der Waals surface area contributed by atoms with Crippen molar-refractivity contribution in [1.82, 2.24) is 9.80 Å². The summed E-state index contributed by atoms with van der Waals surface area (Å²) in [5.74, 6) is 1.62. The van der Waals surface area contributed by atoms with Crippen LogP contribution in [0.5, 0.6) is 0 Å². The summed E-state index contributed by atoms with van der Waals surface area (Å²) in [5.41, 5.74) is 5.94. The lowest BCUT2D eigenvalue weighted by molar-refractivity contribution is 0.191. The second kappa shape index (κ2) is 10.7. The van der Waals surface area contributed by atoms with E-state index in [0.717, 1.165) is 32.0 Å². The highest BCUT2D eigenvalue weighted by Gasteiger charge is 2.14. The van der Waals surface area contributed by atoms with Gasteiger partial charge in [-0.3, -0.25) is 4.99 Å². The molecule has 1 aliphatic heterocycles. The van der Waals surface area contributed by atoms with Gasteiger partial charge in [0.25, 0.3) is 0 Å². The lowest BCUT2D eigenvalue weighted by Crippen LogP contribution is -2.37. The van der Waals surface area contributed by atoms with Crippen molar-refractivity contribution in [1.29, 1.82) is 0 Å². The van der Waals surface area contributed by atoms with E-state index in [-0.39, 0.29) is 24.0 Å². The summed E-state index contributed by atoms with van der Waals surface area (Å²) >= 11 is 0. The molecule has 1 heterocycles. The molecule has 0 aliphatic carbocycles. The predicted octanol–water partition coefficient (Wildman–Crippen LogP) is 2.38. The molecule has 4 nitrogen and oxygen atoms in total. The van der Waals surface area contributed by atoms with Gasteiger partial charge in [0.05, 0.1) is 0 Å². The molecule has 1 rings (SSSR count). The molecule has 0 aromatic rings. The van der Waals surface area contributed by atoms with Gasteiger partial charge in [-0.2, -0.15) is 0 Å². The molecule has 2 N–H and O–H groups in total. The molecule has 0 bridgehead atoms. The van der Waals surface area contributed by atoms with Crippen LogP contribution in [0.4, 0.5) is 0 Å². The molecule has 1 fully saturated rings. The van der Waals surface area contributed by atoms with Gasteiger partial charge in [-0.25, -0.2) is 0 Å². The summed E-state index contributed by atoms with van der Waals surface area (Å²) in [6, 6.07) is 0. The number of likely N-dealkylation sites (tertiary alicyclic amines) is 1. The molecular weight excluding hydrogens is 351 g/mol. The molecule has 1 aliphatic rings. The van der Waals surface area contributed by atoms with Crippen LogP contribution >= 0.6 is 24.0 Å². The van der Waals surface area contributed by atoms with Crippen molar-refractivity contribution in [3.8, 4) is 0 Å². The molecule has 0 aromatic heterocycles. The van der Waals surface area contributed by atoms with Crippen molar-refractivity contribution in [2.75, 3.05) is 39.3 Å². The molecule has 19 heavy (non-hydrogen) atoms. The maximum Gasteiger partial charge on any atom is 0.191 e. The fourth-order valence-electron chi connectivity index (χ4n) is 2.42. The number of hydrogen-bond donors (Lipinski definition) is 1. The first-order chi connectivity index (χ1) is 8.67. The molecule has 0 spiro atoms. The third-order valence-corrected chi connectivity index (χ3v) is 3.87. The van der Waals surface area contributed by atoms with Gasteiger partial charge >= 0.3 is 0 Å². The zero-order chi connectivity index (χ0) is 13.4. The van der Waals surface area contributed by atoms with E-state index in [1.807, 2.05) is 0 Å². The second-order valence-electron chi connectivity index (χ2n) is 5.29. The summed E-state index contributed by atoms with van der Waals surface area (Å²) < 4.78 is 0. The van der Waals surface area contributed by atoms with E-state index < -0.39 is 0 Å². The lowest BCUT2D eigenvalue weighted by Gasteiger charge is -2.29. The number of hydrogen-bond acceptors (Lipinski definition) is 2. The van der Waals surface area contributed by atoms with Gasteiger partial charge in [-0.05, 0) is 58.7 Å². The van der Waals surface area contributed by atoms with Gasteiger partial charge in [0.2, 0.25) is 0 Å². The van der Waals surface area contributed by atoms with Gasteiger partial charge in [-0.1, -0.05) is 6.92 Å². The molecule has 0 amide bonds. The maximum absolute atomic E-state index is 5.94. The summed E-state index contributed by atoms with van der Waals surface area (Å²) in [6.07, 6.45) is 3.83. The number of piperidine rings is 1. The maximum atomic E-state index is 5.94. The third kappa shape index (κ3) is 7.34. The average molecular weight is 382 g/mol. The molecule has 0 saturated carbocycles. The van der Waals surface area contributed by atoms with E-state index in [1.54, 1.807) is 0 Å². The standard InChI is InChI=1S/C14H30N4.HI/c1-4-18(5-2)14(15)16-9-6-10-17-11-7-13(3)8-12-17;/h13H,4-12H2,1-3H3,(H2,15,16);1H. The highest BCUT2D eigenvalue weighted by atomic mass is 127. The van der Waals surface area contributed by atoms with E-state index >= 15 is 0 Å². The number of nitrogens with zero attached hydrogens (tertiary/aromatic N) is 3. The fourth-order valence-corrected chi connectivity index (χ4v) is 2.42. The van der Waals surface area contributed by atoms with Crippen molar-refractivity contribution in [3.63, 3.8) is 0 Å². The fraction of sp³-hybridized carbons (Fsp3) is 0.929. The summed E-state index contributed by atoms with van der Waals surface area (Å²) in [6.45, 7) is 13.0. The SMILES string of the molecule is CCN(CC)C(N)=NCCCN1CCC(C)CC1.I. The van der Waals surface area contributed by atoms with Gasteiger partial charge in [-0.15, -0.1) is 24.0 Å². The number of rotatable bonds is 6. The normalized spacial score (nSPS) is 18.2. The van der Waals surface area contributed by atoms with Gasteiger partial charge < -0.3 is 15.5 Å². The highest BCUT2D eigenvalue weighted by Crippen LogP contribution is 2.15. The van der Waals surface area contributed by atoms with Crippen LogP contribution in [0.1, 0.15) is 40.0 Å². The smallest absolute Gasteiger partial charge is 0.191 e. The molecule has 5 heteroatoms. The first-order valence-electron chi connectivity index (χ1n) is 7.44. The van der Waals surface area contributed by atoms with E-state index in [1.165, 1.54) is 32.5 Å². The average Bonchev–Trinajstić information content (AvgIpc) is 2.38. The minimum Gasteiger partial charge on any atom is -0.370 e. The number of guanidine groups is 1. The Bertz CT molecular complexity index is 246. The molecule has 0 atom stereocenters. The monoisotopic (exact) mass is 382 g/mol. The van der Waals surface area contributed by atoms with E-state index in [4.69, 9.17) is 5.73 Å². The summed E-state index contributed by atoms with van der Waals surface area (Å²) in [7, 11) is 0. The van der Waals surface area contributed by atoms with Crippen LogP contribution in [-0.2, 0) is 0 Å². The quantitative estimate of drug-likeness (QED) is 0.332. The van der Waals surface area contributed by atoms with Crippen LogP contribution in [0.15, 0.2) is 4.99 Å². The van der Waals surface area contributed by atoms with Crippen molar-refractivity contribution in [3.05, 3.63) is 0 Å². The number of halogens is 1. The molecule has 0 radical (unpaired) electrons. The first kappa shape index (κ1) is 19.0. The molecule has 1 saturated heterocycles. The Morgan fingerprint density at radius 3 is 2.37 bits per heavy atom. The Morgan fingerprint density at radius 1 is 1.26 bits per heavy atom. The molecule has 114 valence electrons. The van der Waals surface area contributed by atoms with Crippen molar-refractivity contribution in [2.24, 2.45) is 16.6 Å². The Labute approximate surface area is 135 Å². The van der Waals surface area contributed by atoms with Gasteiger partial charge in [0.1, 0.15) is 0 Å². The highest BCUT2D eigenvalue weighted by molar-refractivity contribution is 14.0. The summed E-state index contributed by atoms with van der Waals surface area (Å²) in [5, 5.41) is 0. The van der Waals surface area contributed by atoms with Crippen LogP contribution in [-0.4, -0.2) is 55.0 Å². The van der Waals surface area contributed by atoms with Gasteiger partial charge in [0.15, 0.2) is 5.96 Å². The topological polar surface area (TPSA) is 44.9 Å². The minimum absolute atomic E-state index is 0. The molecular formula is C14H31IN4. The zero-order valence-electron chi connectivity index (χ0n) is 12.8. The Balaban J connectivity index is 0.00000324. The Morgan fingerprint density at radius 2 is 1.84 bits per heavy atom. The second-order valence-corrected chi connectivity index (χ2v) is 5.29. The molecule has 0 aromatic carbocycles. The summed E-state index contributed by atoms with van der Waals surface area (Å²) in [4.78, 5) is 9.12. The van der Waals surface area contributed by atoms with Crippen LogP contribution < -0.4 is 5.73 Å². The third-order valence-electron chi connectivity index (χ3n) is 3.87. The Hall–Kier alpha value is -0.0400. The minimum atomic E-state index is 0. The zero-order valence-corrected chi connectivity index (χ0v) is 15.1. The largest absolute Gasteiger partial charge is 0.370 e. The van der Waals surface area contributed by atoms with Gasteiger partial charge in [0, 0.05) is 19.6 Å². The van der Waals surface area contributed by atoms with Crippen molar-refractivity contribution in [2.45, 2.75) is 40.0 Å². The van der Waals surface area contributed by atoms with Crippen LogP contribution in [0.25, 0.3) is 0 Å². The number of nitrogens with two attached hydrogens (primary N) is 1. The predicted molar refractivity (Wildman–Crippen MR) is 94.3 cm³/mol. The van der Waals surface area contributed by atoms with Crippen LogP contribution in [0.3, 0.4) is 0 Å². The molecule has 0 unspecified atom stereocenters. The van der Waals surface area contributed by atoms with Crippen LogP contribution in [0, 0.1) is 5.92 Å².